The number of aromatic amines is 1. The molecule has 0 unspecified atom stereocenters. The summed E-state index contributed by atoms with van der Waals surface area (Å²) in [7, 11) is 1.53. The summed E-state index contributed by atoms with van der Waals surface area (Å²) in [5.41, 5.74) is -0.366. The van der Waals surface area contributed by atoms with Gasteiger partial charge < -0.3 is 0 Å². The van der Waals surface area contributed by atoms with Crippen LogP contribution in [0, 0.1) is 21.4 Å². The number of hydrogen-bond donors (Lipinski definition) is 1. The maximum absolute atomic E-state index is 11.2. The van der Waals surface area contributed by atoms with Crippen LogP contribution in [0.2, 0.25) is 0 Å². The van der Waals surface area contributed by atoms with Crippen LogP contribution in [0.4, 0.5) is 5.69 Å². The fourth-order valence-electron chi connectivity index (χ4n) is 1.33. The Labute approximate surface area is 110 Å². The summed E-state index contributed by atoms with van der Waals surface area (Å²) in [5.74, 6) is 0. The molecular weight excluding hydrogens is 270 g/mol. The Balaban J connectivity index is 2.41. The number of nitrogens with one attached hydrogen (secondary N) is 1. The summed E-state index contributed by atoms with van der Waals surface area (Å²) in [6, 6.07) is 5.83. The molecule has 1 aromatic carbocycles. The number of nitriles is 1. The number of rotatable bonds is 3. The molecule has 0 saturated heterocycles. The zero-order chi connectivity index (χ0) is 14.0. The molecule has 19 heavy (non-hydrogen) atoms. The van der Waals surface area contributed by atoms with Crippen molar-refractivity contribution >= 4 is 17.4 Å². The number of non-ortho nitro benzene ring substituents is 1. The zero-order valence-corrected chi connectivity index (χ0v) is 10.5. The first kappa shape index (κ1) is 12.8. The van der Waals surface area contributed by atoms with E-state index in [0.717, 1.165) is 11.8 Å². The van der Waals surface area contributed by atoms with Crippen molar-refractivity contribution in [3.05, 3.63) is 44.4 Å². The van der Waals surface area contributed by atoms with Gasteiger partial charge in [-0.05, 0) is 17.8 Å². The van der Waals surface area contributed by atoms with E-state index in [1.54, 1.807) is 0 Å². The Morgan fingerprint density at radius 3 is 2.84 bits per heavy atom. The van der Waals surface area contributed by atoms with E-state index < -0.39 is 4.92 Å². The smallest absolute Gasteiger partial charge is 0.273 e. The second-order valence-electron chi connectivity index (χ2n) is 3.52. The van der Waals surface area contributed by atoms with Gasteiger partial charge in [0.2, 0.25) is 0 Å². The highest BCUT2D eigenvalue weighted by atomic mass is 32.2. The molecule has 2 rings (SSSR count). The van der Waals surface area contributed by atoms with Gasteiger partial charge in [0.05, 0.1) is 10.5 Å². The first-order chi connectivity index (χ1) is 9.02. The highest BCUT2D eigenvalue weighted by molar-refractivity contribution is 7.99. The molecule has 1 aromatic heterocycles. The number of hydrogen-bond acceptors (Lipinski definition) is 6. The van der Waals surface area contributed by atoms with Crippen LogP contribution in [0.25, 0.3) is 0 Å². The molecule has 0 aliphatic rings. The third-order valence-electron chi connectivity index (χ3n) is 2.33. The van der Waals surface area contributed by atoms with Gasteiger partial charge in [-0.15, -0.1) is 5.10 Å². The van der Waals surface area contributed by atoms with E-state index in [1.807, 2.05) is 6.07 Å². The number of nitro benzene ring substituents is 1. The first-order valence-corrected chi connectivity index (χ1v) is 5.82. The van der Waals surface area contributed by atoms with Gasteiger partial charge in [0, 0.05) is 24.1 Å². The molecule has 0 fully saturated rings. The molecule has 0 spiro atoms. The Hall–Kier alpha value is -2.60. The normalized spacial score (nSPS) is 10.1. The Morgan fingerprint density at radius 1 is 1.58 bits per heavy atom. The standard InChI is InChI=1S/C10H7N5O3S/c1-14-9(16)12-13-10(14)19-8-3-2-7(15(17)18)4-6(8)5-11/h2-4H,1H3,(H,12,16). The molecule has 9 heteroatoms. The largest absolute Gasteiger partial charge is 0.343 e. The summed E-state index contributed by atoms with van der Waals surface area (Å²) in [4.78, 5) is 21.8. The van der Waals surface area contributed by atoms with Gasteiger partial charge in [-0.3, -0.25) is 14.7 Å². The van der Waals surface area contributed by atoms with Crippen LogP contribution in [0.1, 0.15) is 5.56 Å². The van der Waals surface area contributed by atoms with E-state index in [2.05, 4.69) is 10.2 Å². The number of H-pyrrole nitrogens is 1. The van der Waals surface area contributed by atoms with Crippen LogP contribution in [0.15, 0.2) is 33.0 Å². The molecule has 0 saturated carbocycles. The van der Waals surface area contributed by atoms with E-state index in [0.29, 0.717) is 10.1 Å². The highest BCUT2D eigenvalue weighted by Crippen LogP contribution is 2.30. The average molecular weight is 277 g/mol. The number of benzene rings is 1. The Bertz CT molecular complexity index is 742. The fraction of sp³-hybridized carbons (Fsp3) is 0.100. The lowest BCUT2D eigenvalue weighted by Gasteiger charge is -2.02. The van der Waals surface area contributed by atoms with Gasteiger partial charge in [0.15, 0.2) is 5.16 Å². The summed E-state index contributed by atoms with van der Waals surface area (Å²) >= 11 is 1.08. The average Bonchev–Trinajstić information content (AvgIpc) is 2.71. The molecular formula is C10H7N5O3S. The van der Waals surface area contributed by atoms with Crippen molar-refractivity contribution in [2.24, 2.45) is 7.05 Å². The SMILES string of the molecule is Cn1c(Sc2ccc([N+](=O)[O-])cc2C#N)n[nH]c1=O. The van der Waals surface area contributed by atoms with Crippen LogP contribution < -0.4 is 5.69 Å². The van der Waals surface area contributed by atoms with Gasteiger partial charge in [-0.25, -0.2) is 9.89 Å². The molecule has 0 atom stereocenters. The fourth-order valence-corrected chi connectivity index (χ4v) is 2.19. The molecule has 1 heterocycles. The van der Waals surface area contributed by atoms with Gasteiger partial charge in [0.25, 0.3) is 5.69 Å². The molecule has 0 radical (unpaired) electrons. The van der Waals surface area contributed by atoms with Crippen molar-refractivity contribution in [3.8, 4) is 6.07 Å². The summed E-state index contributed by atoms with van der Waals surface area (Å²) < 4.78 is 1.28. The molecule has 0 amide bonds. The summed E-state index contributed by atoms with van der Waals surface area (Å²) in [6.07, 6.45) is 0. The van der Waals surface area contributed by atoms with Crippen LogP contribution in [0.3, 0.4) is 0 Å². The minimum atomic E-state index is -0.570. The highest BCUT2D eigenvalue weighted by Gasteiger charge is 2.14. The first-order valence-electron chi connectivity index (χ1n) is 5.00. The molecule has 2 aromatic rings. The third-order valence-corrected chi connectivity index (χ3v) is 3.46. The van der Waals surface area contributed by atoms with E-state index in [1.165, 1.54) is 29.8 Å². The van der Waals surface area contributed by atoms with Crippen LogP contribution in [0.5, 0.6) is 0 Å². The van der Waals surface area contributed by atoms with Gasteiger partial charge in [-0.2, -0.15) is 5.26 Å². The molecule has 0 bridgehead atoms. The predicted molar refractivity (Wildman–Crippen MR) is 65.8 cm³/mol. The maximum atomic E-state index is 11.2. The second kappa shape index (κ2) is 4.95. The second-order valence-corrected chi connectivity index (χ2v) is 4.53. The molecule has 96 valence electrons. The van der Waals surface area contributed by atoms with Gasteiger partial charge >= 0.3 is 5.69 Å². The number of aromatic nitrogens is 3. The molecule has 8 nitrogen and oxygen atoms in total. The van der Waals surface area contributed by atoms with Crippen LogP contribution in [-0.2, 0) is 7.05 Å². The number of nitro groups is 1. The molecule has 0 aliphatic heterocycles. The lowest BCUT2D eigenvalue weighted by Crippen LogP contribution is -2.12. The Morgan fingerprint density at radius 2 is 2.32 bits per heavy atom. The minimum Gasteiger partial charge on any atom is -0.273 e. The minimum absolute atomic E-state index is 0.156. The lowest BCUT2D eigenvalue weighted by atomic mass is 10.2. The van der Waals surface area contributed by atoms with Crippen LogP contribution >= 0.6 is 11.8 Å². The quantitative estimate of drug-likeness (QED) is 0.661. The van der Waals surface area contributed by atoms with Crippen molar-refractivity contribution < 1.29 is 4.92 Å². The van der Waals surface area contributed by atoms with Crippen LogP contribution in [-0.4, -0.2) is 19.7 Å². The van der Waals surface area contributed by atoms with E-state index in [-0.39, 0.29) is 16.9 Å². The monoisotopic (exact) mass is 277 g/mol. The van der Waals surface area contributed by atoms with E-state index in [4.69, 9.17) is 5.26 Å². The summed E-state index contributed by atoms with van der Waals surface area (Å²) in [5, 5.41) is 26.0. The van der Waals surface area contributed by atoms with E-state index >= 15 is 0 Å². The number of nitrogens with zero attached hydrogens (tertiary/aromatic N) is 4. The van der Waals surface area contributed by atoms with Crippen molar-refractivity contribution in [1.82, 2.24) is 14.8 Å². The van der Waals surface area contributed by atoms with E-state index in [9.17, 15) is 14.9 Å². The Kier molecular flexibility index (Phi) is 3.35. The van der Waals surface area contributed by atoms with Crippen molar-refractivity contribution in [3.63, 3.8) is 0 Å². The zero-order valence-electron chi connectivity index (χ0n) is 9.65. The molecule has 1 N–H and O–H groups in total. The van der Waals surface area contributed by atoms with Crippen molar-refractivity contribution in [2.45, 2.75) is 10.1 Å². The lowest BCUT2D eigenvalue weighted by molar-refractivity contribution is -0.384. The van der Waals surface area contributed by atoms with Gasteiger partial charge in [-0.1, -0.05) is 0 Å². The topological polar surface area (TPSA) is 118 Å². The van der Waals surface area contributed by atoms with Gasteiger partial charge in [0.1, 0.15) is 6.07 Å². The van der Waals surface area contributed by atoms with Crippen molar-refractivity contribution in [1.29, 1.82) is 5.26 Å². The predicted octanol–water partition coefficient (Wildman–Crippen LogP) is 1.04. The maximum Gasteiger partial charge on any atom is 0.343 e. The molecule has 0 aliphatic carbocycles. The van der Waals surface area contributed by atoms with Crippen molar-refractivity contribution in [2.75, 3.05) is 0 Å². The third kappa shape index (κ3) is 2.48. The summed E-state index contributed by atoms with van der Waals surface area (Å²) in [6.45, 7) is 0.